The largest absolute Gasteiger partial charge is 0.455 e. The highest BCUT2D eigenvalue weighted by Crippen LogP contribution is 2.42. The van der Waals surface area contributed by atoms with E-state index in [1.165, 1.54) is 0 Å². The standard InChI is InChI=1S/C49H31N3O/c1-5-16-32(17-6-1)36-28-37(33-18-7-2-8-19-33)30-38(29-36)48-50-47(35-22-11-4-12-23-35)51-49(52-48)44-31-43-42-27-15-26-39(34-20-9-3-10-21-34)45(42)53-46(43)41-25-14-13-24-40(41)44/h1-31H. The first-order chi connectivity index (χ1) is 26.3. The van der Waals surface area contributed by atoms with Gasteiger partial charge in [-0.2, -0.15) is 0 Å². The molecular weight excluding hydrogens is 647 g/mol. The average Bonchev–Trinajstić information content (AvgIpc) is 3.63. The molecule has 0 aliphatic heterocycles. The van der Waals surface area contributed by atoms with Gasteiger partial charge in [-0.3, -0.25) is 0 Å². The van der Waals surface area contributed by atoms with E-state index in [1.54, 1.807) is 0 Å². The van der Waals surface area contributed by atoms with Crippen LogP contribution < -0.4 is 0 Å². The van der Waals surface area contributed by atoms with Crippen LogP contribution >= 0.6 is 0 Å². The Kier molecular flexibility index (Phi) is 7.43. The number of rotatable bonds is 6. The van der Waals surface area contributed by atoms with Crippen LogP contribution in [0.15, 0.2) is 192 Å². The van der Waals surface area contributed by atoms with Gasteiger partial charge < -0.3 is 4.42 Å². The van der Waals surface area contributed by atoms with Crippen molar-refractivity contribution < 1.29 is 4.42 Å². The van der Waals surface area contributed by atoms with Gasteiger partial charge in [-0.25, -0.2) is 15.0 Å². The molecule has 0 N–H and O–H groups in total. The first-order valence-electron chi connectivity index (χ1n) is 17.8. The molecule has 4 nitrogen and oxygen atoms in total. The zero-order valence-corrected chi connectivity index (χ0v) is 28.6. The van der Waals surface area contributed by atoms with E-state index in [9.17, 15) is 0 Å². The van der Waals surface area contributed by atoms with E-state index < -0.39 is 0 Å². The molecule has 0 amide bonds. The van der Waals surface area contributed by atoms with E-state index in [0.29, 0.717) is 17.5 Å². The Morgan fingerprint density at radius 1 is 0.264 bits per heavy atom. The van der Waals surface area contributed by atoms with Crippen molar-refractivity contribution in [1.29, 1.82) is 0 Å². The van der Waals surface area contributed by atoms with Crippen LogP contribution in [0.5, 0.6) is 0 Å². The molecule has 2 aromatic heterocycles. The lowest BCUT2D eigenvalue weighted by Crippen LogP contribution is -2.01. The molecule has 0 unspecified atom stereocenters. The van der Waals surface area contributed by atoms with E-state index in [-0.39, 0.29) is 0 Å². The van der Waals surface area contributed by atoms with Crippen LogP contribution in [0.2, 0.25) is 0 Å². The molecule has 10 rings (SSSR count). The zero-order chi connectivity index (χ0) is 35.1. The summed E-state index contributed by atoms with van der Waals surface area (Å²) in [5.41, 5.74) is 11.1. The summed E-state index contributed by atoms with van der Waals surface area (Å²) in [4.78, 5) is 15.7. The molecule has 248 valence electrons. The van der Waals surface area contributed by atoms with Crippen molar-refractivity contribution in [2.75, 3.05) is 0 Å². The van der Waals surface area contributed by atoms with E-state index in [2.05, 4.69) is 152 Å². The lowest BCUT2D eigenvalue weighted by molar-refractivity contribution is 0.674. The number of hydrogen-bond donors (Lipinski definition) is 0. The summed E-state index contributed by atoms with van der Waals surface area (Å²) in [5.74, 6) is 1.83. The topological polar surface area (TPSA) is 51.8 Å². The minimum atomic E-state index is 0.604. The van der Waals surface area contributed by atoms with Crippen molar-refractivity contribution >= 4 is 32.7 Å². The van der Waals surface area contributed by atoms with Crippen LogP contribution in [0.4, 0.5) is 0 Å². The second-order valence-electron chi connectivity index (χ2n) is 13.2. The number of para-hydroxylation sites is 1. The molecule has 0 atom stereocenters. The van der Waals surface area contributed by atoms with Crippen molar-refractivity contribution in [2.24, 2.45) is 0 Å². The van der Waals surface area contributed by atoms with Crippen LogP contribution in [0, 0.1) is 0 Å². The fourth-order valence-electron chi connectivity index (χ4n) is 7.34. The number of benzene rings is 8. The smallest absolute Gasteiger partial charge is 0.164 e. The third kappa shape index (κ3) is 5.54. The highest BCUT2D eigenvalue weighted by atomic mass is 16.3. The normalized spacial score (nSPS) is 11.4. The Morgan fingerprint density at radius 3 is 1.34 bits per heavy atom. The molecule has 0 spiro atoms. The maximum Gasteiger partial charge on any atom is 0.164 e. The molecular formula is C49H31N3O. The molecule has 0 bridgehead atoms. The minimum Gasteiger partial charge on any atom is -0.455 e. The summed E-state index contributed by atoms with van der Waals surface area (Å²) in [6, 6.07) is 65.1. The molecule has 0 aliphatic rings. The number of nitrogens with zero attached hydrogens (tertiary/aromatic N) is 3. The van der Waals surface area contributed by atoms with Gasteiger partial charge in [-0.05, 0) is 57.5 Å². The van der Waals surface area contributed by atoms with Gasteiger partial charge in [0.2, 0.25) is 0 Å². The first-order valence-corrected chi connectivity index (χ1v) is 17.8. The zero-order valence-electron chi connectivity index (χ0n) is 28.6. The highest BCUT2D eigenvalue weighted by molar-refractivity contribution is 6.20. The third-order valence-corrected chi connectivity index (χ3v) is 9.90. The molecule has 8 aromatic carbocycles. The second-order valence-corrected chi connectivity index (χ2v) is 13.2. The first kappa shape index (κ1) is 30.6. The van der Waals surface area contributed by atoms with Gasteiger partial charge in [-0.1, -0.05) is 164 Å². The molecule has 0 radical (unpaired) electrons. The quantitative estimate of drug-likeness (QED) is 0.176. The SMILES string of the molecule is c1ccc(-c2cc(-c3ccccc3)cc(-c3nc(-c4ccccc4)nc(-c4cc5c6cccc(-c7ccccc7)c6oc5c5ccccc45)n3)c2)cc1. The summed E-state index contributed by atoms with van der Waals surface area (Å²) in [5, 5.41) is 4.09. The Balaban J connectivity index is 1.24. The lowest BCUT2D eigenvalue weighted by Gasteiger charge is -2.13. The van der Waals surface area contributed by atoms with Gasteiger partial charge in [0.15, 0.2) is 17.5 Å². The monoisotopic (exact) mass is 677 g/mol. The van der Waals surface area contributed by atoms with Gasteiger partial charge >= 0.3 is 0 Å². The highest BCUT2D eigenvalue weighted by Gasteiger charge is 2.20. The molecule has 2 heterocycles. The molecule has 0 saturated heterocycles. The van der Waals surface area contributed by atoms with Crippen LogP contribution in [0.25, 0.3) is 100 Å². The lowest BCUT2D eigenvalue weighted by atomic mass is 9.95. The Labute approximate surface area is 306 Å². The average molecular weight is 678 g/mol. The summed E-state index contributed by atoms with van der Waals surface area (Å²) in [6.07, 6.45) is 0. The predicted octanol–water partition coefficient (Wildman–Crippen LogP) is 12.9. The van der Waals surface area contributed by atoms with Gasteiger partial charge in [-0.15, -0.1) is 0 Å². The fraction of sp³-hybridized carbons (Fsp3) is 0. The Hall–Kier alpha value is -7.17. The summed E-state index contributed by atoms with van der Waals surface area (Å²) in [6.45, 7) is 0. The van der Waals surface area contributed by atoms with Crippen LogP contribution in [-0.4, -0.2) is 15.0 Å². The van der Waals surface area contributed by atoms with Gasteiger partial charge in [0.05, 0.1) is 0 Å². The van der Waals surface area contributed by atoms with Crippen LogP contribution in [0.1, 0.15) is 0 Å². The van der Waals surface area contributed by atoms with Crippen LogP contribution in [0.3, 0.4) is 0 Å². The number of aromatic nitrogens is 3. The van der Waals surface area contributed by atoms with Crippen molar-refractivity contribution in [3.63, 3.8) is 0 Å². The molecule has 0 fully saturated rings. The van der Waals surface area contributed by atoms with E-state index in [0.717, 1.165) is 82.8 Å². The second kappa shape index (κ2) is 12.9. The predicted molar refractivity (Wildman–Crippen MR) is 217 cm³/mol. The Morgan fingerprint density at radius 2 is 0.717 bits per heavy atom. The van der Waals surface area contributed by atoms with Crippen molar-refractivity contribution in [2.45, 2.75) is 0 Å². The van der Waals surface area contributed by atoms with Gasteiger partial charge in [0.25, 0.3) is 0 Å². The van der Waals surface area contributed by atoms with E-state index in [1.807, 2.05) is 36.4 Å². The maximum absolute atomic E-state index is 6.79. The molecule has 0 saturated carbocycles. The number of furan rings is 1. The minimum absolute atomic E-state index is 0.604. The summed E-state index contributed by atoms with van der Waals surface area (Å²) < 4.78 is 6.79. The molecule has 53 heavy (non-hydrogen) atoms. The van der Waals surface area contributed by atoms with Crippen molar-refractivity contribution in [3.8, 4) is 67.5 Å². The fourth-order valence-corrected chi connectivity index (χ4v) is 7.34. The van der Waals surface area contributed by atoms with Crippen LogP contribution in [-0.2, 0) is 0 Å². The van der Waals surface area contributed by atoms with Crippen molar-refractivity contribution in [1.82, 2.24) is 15.0 Å². The molecule has 4 heteroatoms. The van der Waals surface area contributed by atoms with Gasteiger partial charge in [0, 0.05) is 38.4 Å². The molecule has 0 aliphatic carbocycles. The number of hydrogen-bond acceptors (Lipinski definition) is 4. The molecule has 10 aromatic rings. The summed E-state index contributed by atoms with van der Waals surface area (Å²) >= 11 is 0. The van der Waals surface area contributed by atoms with Gasteiger partial charge in [0.1, 0.15) is 11.2 Å². The van der Waals surface area contributed by atoms with E-state index in [4.69, 9.17) is 19.4 Å². The van der Waals surface area contributed by atoms with Crippen molar-refractivity contribution in [3.05, 3.63) is 188 Å². The third-order valence-electron chi connectivity index (χ3n) is 9.90. The number of fused-ring (bicyclic) bond motifs is 5. The Bertz CT molecular complexity index is 2860. The van der Waals surface area contributed by atoms with E-state index >= 15 is 0 Å². The summed E-state index contributed by atoms with van der Waals surface area (Å²) in [7, 11) is 0. The maximum atomic E-state index is 6.79.